The molecule has 26 heavy (non-hydrogen) atoms. The van der Waals surface area contributed by atoms with E-state index in [4.69, 9.17) is 9.26 Å². The SMILES string of the molecule is COc1ccc(-c2noc([C@@H]3C[C@@H](O)CN3Cc3ccccn3)n2)cc1. The van der Waals surface area contributed by atoms with Crippen LogP contribution < -0.4 is 4.74 Å². The van der Waals surface area contributed by atoms with Gasteiger partial charge in [-0.25, -0.2) is 0 Å². The second kappa shape index (κ2) is 7.23. The first-order chi connectivity index (χ1) is 12.7. The lowest BCUT2D eigenvalue weighted by Crippen LogP contribution is -2.25. The third-order valence-corrected chi connectivity index (χ3v) is 4.55. The molecule has 0 radical (unpaired) electrons. The Bertz CT molecular complexity index is 851. The van der Waals surface area contributed by atoms with Crippen LogP contribution in [0.4, 0.5) is 0 Å². The maximum atomic E-state index is 10.1. The summed E-state index contributed by atoms with van der Waals surface area (Å²) in [6, 6.07) is 13.2. The summed E-state index contributed by atoms with van der Waals surface area (Å²) in [7, 11) is 1.63. The minimum absolute atomic E-state index is 0.119. The van der Waals surface area contributed by atoms with Crippen LogP contribution in [0.2, 0.25) is 0 Å². The van der Waals surface area contributed by atoms with Gasteiger partial charge in [0.15, 0.2) is 0 Å². The fourth-order valence-electron chi connectivity index (χ4n) is 3.24. The molecule has 7 heteroatoms. The van der Waals surface area contributed by atoms with Crippen molar-refractivity contribution >= 4 is 0 Å². The number of benzene rings is 1. The summed E-state index contributed by atoms with van der Waals surface area (Å²) in [5.41, 5.74) is 1.80. The third-order valence-electron chi connectivity index (χ3n) is 4.55. The van der Waals surface area contributed by atoms with Gasteiger partial charge in [0.2, 0.25) is 11.7 Å². The van der Waals surface area contributed by atoms with E-state index in [0.29, 0.717) is 31.2 Å². The van der Waals surface area contributed by atoms with Crippen LogP contribution in [-0.4, -0.2) is 44.9 Å². The summed E-state index contributed by atoms with van der Waals surface area (Å²) in [5.74, 6) is 1.82. The van der Waals surface area contributed by atoms with Gasteiger partial charge < -0.3 is 14.4 Å². The summed E-state index contributed by atoms with van der Waals surface area (Å²) in [4.78, 5) is 11.0. The predicted molar refractivity (Wildman–Crippen MR) is 94.3 cm³/mol. The highest BCUT2D eigenvalue weighted by Crippen LogP contribution is 2.33. The number of aliphatic hydroxyl groups is 1. The molecule has 2 atom stereocenters. The van der Waals surface area contributed by atoms with E-state index in [1.807, 2.05) is 42.5 Å². The molecule has 0 unspecified atom stereocenters. The molecule has 1 saturated heterocycles. The summed E-state index contributed by atoms with van der Waals surface area (Å²) in [6.45, 7) is 1.18. The zero-order valence-electron chi connectivity index (χ0n) is 14.4. The van der Waals surface area contributed by atoms with E-state index in [1.54, 1.807) is 13.3 Å². The van der Waals surface area contributed by atoms with Crippen LogP contribution in [-0.2, 0) is 6.54 Å². The van der Waals surface area contributed by atoms with Crippen LogP contribution in [0.1, 0.15) is 24.0 Å². The summed E-state index contributed by atoms with van der Waals surface area (Å²) in [6.07, 6.45) is 1.92. The number of nitrogens with zero attached hydrogens (tertiary/aromatic N) is 4. The quantitative estimate of drug-likeness (QED) is 0.755. The number of likely N-dealkylation sites (tertiary alicyclic amines) is 1. The Morgan fingerprint density at radius 3 is 2.81 bits per heavy atom. The minimum atomic E-state index is -0.417. The average molecular weight is 352 g/mol. The first kappa shape index (κ1) is 16.7. The lowest BCUT2D eigenvalue weighted by molar-refractivity contribution is 0.168. The van der Waals surface area contributed by atoms with E-state index in [9.17, 15) is 5.11 Å². The number of rotatable bonds is 5. The zero-order valence-corrected chi connectivity index (χ0v) is 14.4. The minimum Gasteiger partial charge on any atom is -0.497 e. The second-order valence-electron chi connectivity index (χ2n) is 6.34. The van der Waals surface area contributed by atoms with Gasteiger partial charge in [-0.1, -0.05) is 11.2 Å². The largest absolute Gasteiger partial charge is 0.497 e. The molecule has 0 aliphatic carbocycles. The van der Waals surface area contributed by atoms with Crippen molar-refractivity contribution in [1.82, 2.24) is 20.0 Å². The monoisotopic (exact) mass is 352 g/mol. The van der Waals surface area contributed by atoms with E-state index >= 15 is 0 Å². The van der Waals surface area contributed by atoms with Crippen molar-refractivity contribution in [3.05, 3.63) is 60.2 Å². The van der Waals surface area contributed by atoms with Crippen molar-refractivity contribution in [1.29, 1.82) is 0 Å². The average Bonchev–Trinajstić information content (AvgIpc) is 3.29. The standard InChI is InChI=1S/C19H20N4O3/c1-25-16-7-5-13(6-8-16)18-21-19(26-22-18)17-10-15(24)12-23(17)11-14-4-2-3-9-20-14/h2-9,15,17,24H,10-12H2,1H3/t15-,17+/m1/s1. The van der Waals surface area contributed by atoms with Gasteiger partial charge in [-0.2, -0.15) is 4.98 Å². The Morgan fingerprint density at radius 2 is 2.08 bits per heavy atom. The molecule has 0 saturated carbocycles. The van der Waals surface area contributed by atoms with E-state index in [0.717, 1.165) is 17.0 Å². The fourth-order valence-corrected chi connectivity index (χ4v) is 3.24. The summed E-state index contributed by atoms with van der Waals surface area (Å²) >= 11 is 0. The Hall–Kier alpha value is -2.77. The van der Waals surface area contributed by atoms with Crippen LogP contribution in [0, 0.1) is 0 Å². The predicted octanol–water partition coefficient (Wildman–Crippen LogP) is 2.45. The molecule has 1 aliphatic heterocycles. The van der Waals surface area contributed by atoms with Gasteiger partial charge in [-0.15, -0.1) is 0 Å². The molecule has 1 N–H and O–H groups in total. The van der Waals surface area contributed by atoms with Crippen LogP contribution in [0.3, 0.4) is 0 Å². The number of hydrogen-bond donors (Lipinski definition) is 1. The molecular weight excluding hydrogens is 332 g/mol. The summed E-state index contributed by atoms with van der Waals surface area (Å²) in [5, 5.41) is 14.2. The summed E-state index contributed by atoms with van der Waals surface area (Å²) < 4.78 is 10.7. The zero-order chi connectivity index (χ0) is 17.9. The molecule has 1 aromatic carbocycles. The van der Waals surface area contributed by atoms with Crippen LogP contribution >= 0.6 is 0 Å². The highest BCUT2D eigenvalue weighted by Gasteiger charge is 2.36. The van der Waals surface area contributed by atoms with Crippen molar-refractivity contribution in [3.63, 3.8) is 0 Å². The van der Waals surface area contributed by atoms with Crippen LogP contribution in [0.15, 0.2) is 53.2 Å². The maximum absolute atomic E-state index is 10.1. The topological polar surface area (TPSA) is 84.5 Å². The number of aliphatic hydroxyl groups excluding tert-OH is 1. The molecule has 3 heterocycles. The maximum Gasteiger partial charge on any atom is 0.244 e. The van der Waals surface area contributed by atoms with E-state index in [2.05, 4.69) is 20.0 Å². The highest BCUT2D eigenvalue weighted by atomic mass is 16.5. The molecule has 4 rings (SSSR count). The molecule has 0 spiro atoms. The van der Waals surface area contributed by atoms with E-state index in [-0.39, 0.29) is 6.04 Å². The van der Waals surface area contributed by atoms with Crippen LogP contribution in [0.5, 0.6) is 5.75 Å². The van der Waals surface area contributed by atoms with Crippen molar-refractivity contribution in [2.24, 2.45) is 0 Å². The molecule has 0 bridgehead atoms. The molecule has 3 aromatic rings. The third kappa shape index (κ3) is 3.44. The lowest BCUT2D eigenvalue weighted by atomic mass is 10.2. The molecular formula is C19H20N4O3. The van der Waals surface area contributed by atoms with Gasteiger partial charge in [0.25, 0.3) is 0 Å². The number of aromatic nitrogens is 3. The van der Waals surface area contributed by atoms with Crippen LogP contribution in [0.25, 0.3) is 11.4 Å². The van der Waals surface area contributed by atoms with Gasteiger partial charge in [0, 0.05) is 24.8 Å². The highest BCUT2D eigenvalue weighted by molar-refractivity contribution is 5.55. The first-order valence-electron chi connectivity index (χ1n) is 8.53. The van der Waals surface area contributed by atoms with Gasteiger partial charge in [-0.3, -0.25) is 9.88 Å². The molecule has 1 fully saturated rings. The number of ether oxygens (including phenoxy) is 1. The van der Waals surface area contributed by atoms with Gasteiger partial charge in [0.05, 0.1) is 24.9 Å². The molecule has 7 nitrogen and oxygen atoms in total. The van der Waals surface area contributed by atoms with Gasteiger partial charge in [-0.05, 0) is 42.8 Å². The van der Waals surface area contributed by atoms with E-state index in [1.165, 1.54) is 0 Å². The number of hydrogen-bond acceptors (Lipinski definition) is 7. The molecule has 1 aliphatic rings. The fraction of sp³-hybridized carbons (Fsp3) is 0.316. The van der Waals surface area contributed by atoms with Crippen molar-refractivity contribution in [2.45, 2.75) is 25.1 Å². The Morgan fingerprint density at radius 1 is 1.23 bits per heavy atom. The second-order valence-corrected chi connectivity index (χ2v) is 6.34. The van der Waals surface area contributed by atoms with Crippen molar-refractivity contribution in [3.8, 4) is 17.1 Å². The lowest BCUT2D eigenvalue weighted by Gasteiger charge is -2.20. The van der Waals surface area contributed by atoms with Gasteiger partial charge >= 0.3 is 0 Å². The number of β-amino-alcohol motifs (C(OH)–C–C–N with tert-alkyl or cyclic N) is 1. The van der Waals surface area contributed by atoms with Crippen molar-refractivity contribution < 1.29 is 14.4 Å². The normalized spacial score (nSPS) is 20.4. The first-order valence-corrected chi connectivity index (χ1v) is 8.53. The Balaban J connectivity index is 1.54. The Kier molecular flexibility index (Phi) is 4.64. The Labute approximate surface area is 151 Å². The van der Waals surface area contributed by atoms with Gasteiger partial charge in [0.1, 0.15) is 5.75 Å². The van der Waals surface area contributed by atoms with Crippen molar-refractivity contribution in [2.75, 3.05) is 13.7 Å². The number of pyridine rings is 1. The molecule has 0 amide bonds. The molecule has 134 valence electrons. The number of methoxy groups -OCH3 is 1. The smallest absolute Gasteiger partial charge is 0.244 e. The molecule has 2 aromatic heterocycles. The van der Waals surface area contributed by atoms with E-state index < -0.39 is 6.10 Å².